The highest BCUT2D eigenvalue weighted by Gasteiger charge is 2.27. The maximum atomic E-state index is 13.1. The van der Waals surface area contributed by atoms with Crippen LogP contribution < -0.4 is 5.32 Å². The fourth-order valence-corrected chi connectivity index (χ4v) is 1.83. The van der Waals surface area contributed by atoms with Crippen molar-refractivity contribution in [2.24, 2.45) is 5.92 Å². The standard InChI is InChI=1S/C15H17F2NO5/c1-3-23-15(22)8(2)6-12(14(20)21)18-13(19)9-4-5-10(16)11(17)7-9/h4-5,7-8,12H,3,6H2,1-2H3,(H,18,19)(H,20,21)/t8-,12-/m1/s1. The molecule has 0 aliphatic rings. The normalized spacial score (nSPS) is 13.0. The van der Waals surface area contributed by atoms with Crippen molar-refractivity contribution in [3.63, 3.8) is 0 Å². The summed E-state index contributed by atoms with van der Waals surface area (Å²) >= 11 is 0. The van der Waals surface area contributed by atoms with Crippen molar-refractivity contribution in [2.45, 2.75) is 26.3 Å². The van der Waals surface area contributed by atoms with E-state index in [2.05, 4.69) is 5.32 Å². The van der Waals surface area contributed by atoms with E-state index >= 15 is 0 Å². The molecule has 2 N–H and O–H groups in total. The third-order valence-electron chi connectivity index (χ3n) is 3.06. The van der Waals surface area contributed by atoms with Gasteiger partial charge in [-0.3, -0.25) is 9.59 Å². The average molecular weight is 329 g/mol. The van der Waals surface area contributed by atoms with Gasteiger partial charge in [0, 0.05) is 5.56 Å². The number of esters is 1. The van der Waals surface area contributed by atoms with Crippen LogP contribution in [0.5, 0.6) is 0 Å². The number of nitrogens with one attached hydrogen (secondary N) is 1. The number of hydrogen-bond acceptors (Lipinski definition) is 4. The Morgan fingerprint density at radius 1 is 1.26 bits per heavy atom. The van der Waals surface area contributed by atoms with Gasteiger partial charge < -0.3 is 15.2 Å². The van der Waals surface area contributed by atoms with E-state index in [1.54, 1.807) is 6.92 Å². The number of carbonyl (C=O) groups is 3. The maximum Gasteiger partial charge on any atom is 0.326 e. The largest absolute Gasteiger partial charge is 0.480 e. The molecule has 0 saturated carbocycles. The van der Waals surface area contributed by atoms with E-state index in [9.17, 15) is 23.2 Å². The number of rotatable bonds is 7. The van der Waals surface area contributed by atoms with Gasteiger partial charge in [0.1, 0.15) is 6.04 Å². The van der Waals surface area contributed by atoms with Crippen molar-refractivity contribution in [1.29, 1.82) is 0 Å². The molecule has 0 aliphatic heterocycles. The van der Waals surface area contributed by atoms with E-state index < -0.39 is 41.4 Å². The molecule has 0 aromatic heterocycles. The van der Waals surface area contributed by atoms with Crippen LogP contribution >= 0.6 is 0 Å². The molecular formula is C15H17F2NO5. The van der Waals surface area contributed by atoms with Gasteiger partial charge in [-0.1, -0.05) is 6.92 Å². The molecule has 6 nitrogen and oxygen atoms in total. The Hall–Kier alpha value is -2.51. The van der Waals surface area contributed by atoms with E-state index in [0.29, 0.717) is 6.07 Å². The van der Waals surface area contributed by atoms with E-state index in [-0.39, 0.29) is 18.6 Å². The Bertz CT molecular complexity index is 606. The molecule has 1 aromatic carbocycles. The predicted octanol–water partition coefficient (Wildman–Crippen LogP) is 1.74. The molecular weight excluding hydrogens is 312 g/mol. The first-order chi connectivity index (χ1) is 10.8. The highest BCUT2D eigenvalue weighted by atomic mass is 19.2. The third-order valence-corrected chi connectivity index (χ3v) is 3.06. The highest BCUT2D eigenvalue weighted by molar-refractivity contribution is 5.96. The van der Waals surface area contributed by atoms with Crippen LogP contribution in [0.1, 0.15) is 30.6 Å². The number of halogens is 2. The van der Waals surface area contributed by atoms with Gasteiger partial charge in [0.05, 0.1) is 12.5 Å². The summed E-state index contributed by atoms with van der Waals surface area (Å²) in [4.78, 5) is 34.6. The fraction of sp³-hybridized carbons (Fsp3) is 0.400. The first-order valence-electron chi connectivity index (χ1n) is 6.91. The van der Waals surface area contributed by atoms with Gasteiger partial charge in [0.25, 0.3) is 5.91 Å². The van der Waals surface area contributed by atoms with Crippen LogP contribution in [0, 0.1) is 17.6 Å². The zero-order valence-corrected chi connectivity index (χ0v) is 12.6. The monoisotopic (exact) mass is 329 g/mol. The molecule has 1 rings (SSSR count). The molecule has 0 bridgehead atoms. The van der Waals surface area contributed by atoms with E-state index in [1.807, 2.05) is 0 Å². The van der Waals surface area contributed by atoms with Crippen LogP contribution in [0.15, 0.2) is 18.2 Å². The number of amides is 1. The summed E-state index contributed by atoms with van der Waals surface area (Å²) in [6.07, 6.45) is -0.191. The van der Waals surface area contributed by atoms with Crippen LogP contribution in [0.3, 0.4) is 0 Å². The molecule has 8 heteroatoms. The van der Waals surface area contributed by atoms with Gasteiger partial charge in [0.2, 0.25) is 0 Å². The Balaban J connectivity index is 2.79. The van der Waals surface area contributed by atoms with Crippen molar-refractivity contribution in [3.8, 4) is 0 Å². The van der Waals surface area contributed by atoms with E-state index in [1.165, 1.54) is 6.92 Å². The maximum absolute atomic E-state index is 13.1. The SMILES string of the molecule is CCOC(=O)[C@H](C)C[C@@H](NC(=O)c1ccc(F)c(F)c1)C(=O)O. The molecule has 0 unspecified atom stereocenters. The van der Waals surface area contributed by atoms with Crippen molar-refractivity contribution >= 4 is 17.8 Å². The van der Waals surface area contributed by atoms with Crippen molar-refractivity contribution in [1.82, 2.24) is 5.32 Å². The van der Waals surface area contributed by atoms with E-state index in [4.69, 9.17) is 9.84 Å². The van der Waals surface area contributed by atoms with Crippen LogP contribution in [0.2, 0.25) is 0 Å². The second-order valence-corrected chi connectivity index (χ2v) is 4.88. The van der Waals surface area contributed by atoms with Gasteiger partial charge in [-0.25, -0.2) is 13.6 Å². The van der Waals surface area contributed by atoms with Gasteiger partial charge in [-0.15, -0.1) is 0 Å². The van der Waals surface area contributed by atoms with Crippen LogP contribution in [-0.2, 0) is 14.3 Å². The summed E-state index contributed by atoms with van der Waals surface area (Å²) in [5, 5.41) is 11.3. The lowest BCUT2D eigenvalue weighted by molar-refractivity contribution is -0.148. The summed E-state index contributed by atoms with van der Waals surface area (Å²) in [7, 11) is 0. The molecule has 0 fully saturated rings. The predicted molar refractivity (Wildman–Crippen MR) is 75.7 cm³/mol. The van der Waals surface area contributed by atoms with Gasteiger partial charge in [0.15, 0.2) is 11.6 Å². The third kappa shape index (κ3) is 5.32. The Kier molecular flexibility index (Phi) is 6.62. The lowest BCUT2D eigenvalue weighted by atomic mass is 10.0. The molecule has 1 amide bonds. The Morgan fingerprint density at radius 2 is 1.91 bits per heavy atom. The van der Waals surface area contributed by atoms with Crippen LogP contribution in [-0.4, -0.2) is 35.6 Å². The molecule has 1 aromatic rings. The molecule has 23 heavy (non-hydrogen) atoms. The second-order valence-electron chi connectivity index (χ2n) is 4.88. The minimum Gasteiger partial charge on any atom is -0.480 e. The molecule has 2 atom stereocenters. The number of ether oxygens (including phenoxy) is 1. The number of benzene rings is 1. The summed E-state index contributed by atoms with van der Waals surface area (Å²) in [5.74, 6) is -5.90. The zero-order valence-electron chi connectivity index (χ0n) is 12.6. The second kappa shape index (κ2) is 8.21. The van der Waals surface area contributed by atoms with Crippen LogP contribution in [0.4, 0.5) is 8.78 Å². The number of hydrogen-bond donors (Lipinski definition) is 2. The molecule has 0 saturated heterocycles. The highest BCUT2D eigenvalue weighted by Crippen LogP contribution is 2.12. The smallest absolute Gasteiger partial charge is 0.326 e. The number of aliphatic carboxylic acids is 1. The molecule has 0 spiro atoms. The molecule has 0 aliphatic carbocycles. The topological polar surface area (TPSA) is 92.7 Å². The van der Waals surface area contributed by atoms with Crippen molar-refractivity contribution in [3.05, 3.63) is 35.4 Å². The van der Waals surface area contributed by atoms with E-state index in [0.717, 1.165) is 12.1 Å². The average Bonchev–Trinajstić information content (AvgIpc) is 2.49. The molecule has 0 heterocycles. The van der Waals surface area contributed by atoms with Crippen LogP contribution in [0.25, 0.3) is 0 Å². The van der Waals surface area contributed by atoms with Gasteiger partial charge in [-0.2, -0.15) is 0 Å². The zero-order chi connectivity index (χ0) is 17.6. The van der Waals surface area contributed by atoms with Gasteiger partial charge in [-0.05, 0) is 31.5 Å². The minimum atomic E-state index is -1.37. The summed E-state index contributed by atoms with van der Waals surface area (Å²) in [5.41, 5.74) is -0.223. The quantitative estimate of drug-likeness (QED) is 0.743. The van der Waals surface area contributed by atoms with Gasteiger partial charge >= 0.3 is 11.9 Å². The minimum absolute atomic E-state index is 0.155. The van der Waals surface area contributed by atoms with Crippen molar-refractivity contribution < 1.29 is 33.0 Å². The Morgan fingerprint density at radius 3 is 2.43 bits per heavy atom. The summed E-state index contributed by atoms with van der Waals surface area (Å²) < 4.78 is 30.7. The first-order valence-corrected chi connectivity index (χ1v) is 6.91. The molecule has 0 radical (unpaired) electrons. The summed E-state index contributed by atoms with van der Waals surface area (Å²) in [6.45, 7) is 3.24. The lowest BCUT2D eigenvalue weighted by Crippen LogP contribution is -2.42. The molecule has 126 valence electrons. The fourth-order valence-electron chi connectivity index (χ4n) is 1.83. The first kappa shape index (κ1) is 18.5. The van der Waals surface area contributed by atoms with Crippen molar-refractivity contribution in [2.75, 3.05) is 6.61 Å². The lowest BCUT2D eigenvalue weighted by Gasteiger charge is -2.18. The number of carboxylic acids is 1. The number of carbonyl (C=O) groups excluding carboxylic acids is 2. The Labute approximate surface area is 131 Å². The summed E-state index contributed by atoms with van der Waals surface area (Å²) in [6, 6.07) is 1.09. The number of carboxylic acid groups (broad SMARTS) is 1.